The maximum Gasteiger partial charge on any atom is 0.227 e. The molecule has 1 N–H and O–H groups in total. The molecule has 1 aromatic carbocycles. The molecule has 130 valence electrons. The minimum atomic E-state index is -0.514. The second-order valence-corrected chi connectivity index (χ2v) is 8.67. The van der Waals surface area contributed by atoms with E-state index in [1.807, 2.05) is 25.3 Å². The van der Waals surface area contributed by atoms with Gasteiger partial charge in [0.25, 0.3) is 0 Å². The van der Waals surface area contributed by atoms with Gasteiger partial charge in [-0.1, -0.05) is 20.8 Å². The highest BCUT2D eigenvalue weighted by molar-refractivity contribution is 5.93. The predicted molar refractivity (Wildman–Crippen MR) is 94.0 cm³/mol. The van der Waals surface area contributed by atoms with Crippen LogP contribution in [-0.2, 0) is 10.3 Å². The number of aromatic nitrogens is 2. The first-order chi connectivity index (χ1) is 11.7. The number of nitrogens with zero attached hydrogens (tertiary/aromatic N) is 3. The first-order valence-corrected chi connectivity index (χ1v) is 8.61. The van der Waals surface area contributed by atoms with E-state index in [2.05, 4.69) is 15.1 Å². The Morgan fingerprint density at radius 2 is 2.12 bits per heavy atom. The lowest BCUT2D eigenvalue weighted by Gasteiger charge is -2.62. The number of fused-ring (bicyclic) bond motifs is 1. The molecule has 2 bridgehead atoms. The van der Waals surface area contributed by atoms with Crippen molar-refractivity contribution in [2.24, 2.45) is 11.3 Å². The number of anilines is 1. The molecule has 0 radical (unpaired) electrons. The zero-order valence-electron chi connectivity index (χ0n) is 14.7. The molecule has 5 nitrogen and oxygen atoms in total. The van der Waals surface area contributed by atoms with Crippen molar-refractivity contribution in [2.45, 2.75) is 52.0 Å². The number of imidazole rings is 1. The van der Waals surface area contributed by atoms with E-state index in [9.17, 15) is 9.18 Å². The summed E-state index contributed by atoms with van der Waals surface area (Å²) in [6, 6.07) is 2.88. The van der Waals surface area contributed by atoms with Crippen molar-refractivity contribution < 1.29 is 9.18 Å². The molecule has 3 aliphatic rings. The number of hydrogen-bond acceptors (Lipinski definition) is 2. The second-order valence-electron chi connectivity index (χ2n) is 8.67. The third-order valence-electron chi connectivity index (χ3n) is 5.25. The zero-order valence-corrected chi connectivity index (χ0v) is 14.7. The topological polar surface area (TPSA) is 51.3 Å². The molecule has 1 amide bonds. The Balaban J connectivity index is 1.81. The summed E-state index contributed by atoms with van der Waals surface area (Å²) in [5.74, 6) is 0.495. The summed E-state index contributed by atoms with van der Waals surface area (Å²) >= 11 is 0. The number of nitrogens with one attached hydrogen (secondary N) is 1. The predicted octanol–water partition coefficient (Wildman–Crippen LogP) is 4.61. The Morgan fingerprint density at radius 3 is 2.64 bits per heavy atom. The average molecular weight is 340 g/mol. The largest absolute Gasteiger partial charge is 0.305 e. The summed E-state index contributed by atoms with van der Waals surface area (Å²) in [6.07, 6.45) is 3.46. The van der Waals surface area contributed by atoms with Crippen molar-refractivity contribution in [1.82, 2.24) is 9.55 Å². The Labute approximate surface area is 146 Å². The van der Waals surface area contributed by atoms with Crippen LogP contribution in [0.15, 0.2) is 12.1 Å². The molecule has 6 heteroatoms. The number of benzene rings is 1. The van der Waals surface area contributed by atoms with Gasteiger partial charge in [-0.25, -0.2) is 14.2 Å². The van der Waals surface area contributed by atoms with Crippen LogP contribution in [0.25, 0.3) is 15.9 Å². The van der Waals surface area contributed by atoms with Crippen LogP contribution >= 0.6 is 0 Å². The van der Waals surface area contributed by atoms with E-state index in [0.717, 1.165) is 25.2 Å². The second kappa shape index (κ2) is 5.04. The molecule has 0 atom stereocenters. The number of carbonyl (C=O) groups is 1. The van der Waals surface area contributed by atoms with E-state index in [1.165, 1.54) is 6.07 Å². The molecule has 5 rings (SSSR count). The lowest BCUT2D eigenvalue weighted by atomic mass is 9.49. The fraction of sp³-hybridized carbons (Fsp3) is 0.526. The van der Waals surface area contributed by atoms with Crippen LogP contribution in [0.2, 0.25) is 0 Å². The van der Waals surface area contributed by atoms with Crippen molar-refractivity contribution in [3.63, 3.8) is 0 Å². The van der Waals surface area contributed by atoms with Crippen molar-refractivity contribution >= 4 is 28.6 Å². The van der Waals surface area contributed by atoms with Crippen LogP contribution in [0.5, 0.6) is 0 Å². The van der Waals surface area contributed by atoms with Crippen LogP contribution in [0, 0.1) is 23.7 Å². The summed E-state index contributed by atoms with van der Waals surface area (Å²) in [6.45, 7) is 13.2. The SMILES string of the molecule is [C-]#[N+]c1cc(F)c2nc(NC(=O)CC(C)(C)C)n(C34CC(C3)C4)c2c1. The van der Waals surface area contributed by atoms with E-state index >= 15 is 0 Å². The van der Waals surface area contributed by atoms with Crippen molar-refractivity contribution in [2.75, 3.05) is 5.32 Å². The highest BCUT2D eigenvalue weighted by Gasteiger charge is 2.59. The Hall–Kier alpha value is -2.42. The smallest absolute Gasteiger partial charge is 0.227 e. The van der Waals surface area contributed by atoms with Gasteiger partial charge in [-0.3, -0.25) is 10.1 Å². The van der Waals surface area contributed by atoms with Crippen LogP contribution in [0.1, 0.15) is 46.5 Å². The fourth-order valence-electron chi connectivity index (χ4n) is 4.11. The number of carbonyl (C=O) groups excluding carboxylic acids is 1. The molecule has 3 saturated carbocycles. The molecular weight excluding hydrogens is 319 g/mol. The van der Waals surface area contributed by atoms with Gasteiger partial charge in [-0.05, 0) is 42.7 Å². The lowest BCUT2D eigenvalue weighted by Crippen LogP contribution is -2.59. The van der Waals surface area contributed by atoms with Gasteiger partial charge in [0.05, 0.1) is 12.1 Å². The van der Waals surface area contributed by atoms with E-state index < -0.39 is 5.82 Å². The van der Waals surface area contributed by atoms with Gasteiger partial charge in [0, 0.05) is 12.0 Å². The van der Waals surface area contributed by atoms with Crippen LogP contribution in [0.4, 0.5) is 16.0 Å². The minimum absolute atomic E-state index is 0.0726. The molecule has 25 heavy (non-hydrogen) atoms. The van der Waals surface area contributed by atoms with E-state index in [4.69, 9.17) is 6.57 Å². The summed E-state index contributed by atoms with van der Waals surface area (Å²) in [4.78, 5) is 20.1. The molecule has 3 fully saturated rings. The fourth-order valence-corrected chi connectivity index (χ4v) is 4.11. The van der Waals surface area contributed by atoms with Gasteiger partial charge in [-0.15, -0.1) is 0 Å². The summed E-state index contributed by atoms with van der Waals surface area (Å²) in [5, 5.41) is 2.89. The van der Waals surface area contributed by atoms with Crippen LogP contribution in [0.3, 0.4) is 0 Å². The molecule has 0 spiro atoms. The molecule has 1 heterocycles. The molecular formula is C19H21FN4O. The van der Waals surface area contributed by atoms with Gasteiger partial charge >= 0.3 is 0 Å². The highest BCUT2D eigenvalue weighted by atomic mass is 19.1. The Morgan fingerprint density at radius 1 is 1.44 bits per heavy atom. The van der Waals surface area contributed by atoms with Gasteiger partial charge in [0.2, 0.25) is 11.9 Å². The third-order valence-corrected chi connectivity index (χ3v) is 5.25. The quantitative estimate of drug-likeness (QED) is 0.830. The summed E-state index contributed by atoms with van der Waals surface area (Å²) in [7, 11) is 0. The Kier molecular flexibility index (Phi) is 3.24. The number of halogens is 1. The van der Waals surface area contributed by atoms with Crippen molar-refractivity contribution in [3.05, 3.63) is 29.4 Å². The van der Waals surface area contributed by atoms with E-state index in [-0.39, 0.29) is 28.1 Å². The van der Waals surface area contributed by atoms with Gasteiger partial charge in [0.1, 0.15) is 11.3 Å². The number of hydrogen-bond donors (Lipinski definition) is 1. The summed E-state index contributed by atoms with van der Waals surface area (Å²) < 4.78 is 16.4. The normalized spacial score (nSPS) is 24.4. The molecule has 1 aromatic heterocycles. The van der Waals surface area contributed by atoms with Gasteiger partial charge < -0.3 is 4.57 Å². The maximum absolute atomic E-state index is 14.4. The van der Waals surface area contributed by atoms with Crippen molar-refractivity contribution in [3.8, 4) is 0 Å². The van der Waals surface area contributed by atoms with Gasteiger partial charge in [-0.2, -0.15) is 0 Å². The first kappa shape index (κ1) is 16.1. The van der Waals surface area contributed by atoms with E-state index in [0.29, 0.717) is 17.9 Å². The standard InChI is InChI=1S/C19H21FN4O/c1-18(2,3)10-15(25)22-17-23-16-13(20)5-12(21-4)6-14(16)24(17)19-7-11(8-19)9-19/h5-6,11H,7-10H2,1-3H3,(H,22,23,25). The molecule has 3 aliphatic carbocycles. The van der Waals surface area contributed by atoms with Gasteiger partial charge in [0.15, 0.2) is 5.69 Å². The molecule has 0 aliphatic heterocycles. The zero-order chi connectivity index (χ0) is 18.0. The first-order valence-electron chi connectivity index (χ1n) is 8.61. The highest BCUT2D eigenvalue weighted by Crippen LogP contribution is 2.63. The van der Waals surface area contributed by atoms with Crippen molar-refractivity contribution in [1.29, 1.82) is 0 Å². The number of rotatable bonds is 3. The molecule has 0 saturated heterocycles. The molecule has 2 aromatic rings. The van der Waals surface area contributed by atoms with Crippen LogP contribution in [-0.4, -0.2) is 15.5 Å². The van der Waals surface area contributed by atoms with E-state index in [1.54, 1.807) is 6.07 Å². The average Bonchev–Trinajstić information content (AvgIpc) is 2.73. The monoisotopic (exact) mass is 340 g/mol. The minimum Gasteiger partial charge on any atom is -0.305 e. The lowest BCUT2D eigenvalue weighted by molar-refractivity contribution is -0.118. The summed E-state index contributed by atoms with van der Waals surface area (Å²) in [5.41, 5.74) is 0.875. The number of amides is 1. The maximum atomic E-state index is 14.4. The third kappa shape index (κ3) is 2.50. The molecule has 0 unspecified atom stereocenters. The Bertz CT molecular complexity index is 914. The van der Waals surface area contributed by atoms with Crippen LogP contribution < -0.4 is 5.32 Å².